The van der Waals surface area contributed by atoms with Gasteiger partial charge in [0.15, 0.2) is 0 Å². The Balaban J connectivity index is 1.72. The van der Waals surface area contributed by atoms with Crippen LogP contribution >= 0.6 is 0 Å². The Morgan fingerprint density at radius 1 is 1.06 bits per heavy atom. The molecule has 0 unspecified atom stereocenters. The summed E-state index contributed by atoms with van der Waals surface area (Å²) in [6.45, 7) is 7.67. The highest BCUT2D eigenvalue weighted by molar-refractivity contribution is 7.90. The molecule has 8 nitrogen and oxygen atoms in total. The summed E-state index contributed by atoms with van der Waals surface area (Å²) in [5.74, 6) is -1.10. The van der Waals surface area contributed by atoms with Gasteiger partial charge in [0.1, 0.15) is 10.9 Å². The van der Waals surface area contributed by atoms with Crippen molar-refractivity contribution in [2.24, 2.45) is 0 Å². The number of hydrogen-bond donors (Lipinski definition) is 1. The van der Waals surface area contributed by atoms with Crippen LogP contribution in [0.2, 0.25) is 0 Å². The average molecular weight is 500 g/mol. The van der Waals surface area contributed by atoms with E-state index >= 15 is 0 Å². The van der Waals surface area contributed by atoms with Crippen molar-refractivity contribution < 1.29 is 22.8 Å². The fourth-order valence-electron chi connectivity index (χ4n) is 3.99. The fourth-order valence-corrected chi connectivity index (χ4v) is 5.60. The Bertz CT molecular complexity index is 1210. The normalized spacial score (nSPS) is 15.9. The molecule has 0 spiro atoms. The minimum Gasteiger partial charge on any atom is -0.352 e. The topological polar surface area (TPSA) is 104 Å². The maximum atomic E-state index is 13.3. The Kier molecular flexibility index (Phi) is 8.32. The van der Waals surface area contributed by atoms with Gasteiger partial charge < -0.3 is 10.2 Å². The van der Waals surface area contributed by atoms with E-state index in [0.717, 1.165) is 21.9 Å². The third kappa shape index (κ3) is 5.73. The van der Waals surface area contributed by atoms with Crippen molar-refractivity contribution >= 4 is 27.7 Å². The number of amides is 3. The second-order valence-electron chi connectivity index (χ2n) is 8.92. The van der Waals surface area contributed by atoms with Crippen molar-refractivity contribution in [1.82, 2.24) is 14.5 Å². The second kappa shape index (κ2) is 11.0. The minimum atomic E-state index is -3.92. The SMILES string of the molecule is CC[C@H](C)NC(=O)[C@H](C)N(Cc1ccccc1C)C(=O)CCCN1C(=O)c2ccccc2S1(=O)=O. The Labute approximate surface area is 207 Å². The van der Waals surface area contributed by atoms with Crippen LogP contribution in [0, 0.1) is 6.92 Å². The zero-order valence-electron chi connectivity index (χ0n) is 20.7. The molecule has 0 radical (unpaired) electrons. The first-order valence-electron chi connectivity index (χ1n) is 11.9. The van der Waals surface area contributed by atoms with E-state index in [1.54, 1.807) is 19.1 Å². The molecule has 2 aromatic carbocycles. The maximum Gasteiger partial charge on any atom is 0.269 e. The lowest BCUT2D eigenvalue weighted by Gasteiger charge is -2.30. The quantitative estimate of drug-likeness (QED) is 0.540. The molecular formula is C26H33N3O5S. The lowest BCUT2D eigenvalue weighted by atomic mass is 10.1. The summed E-state index contributed by atoms with van der Waals surface area (Å²) in [5.41, 5.74) is 2.08. The fraction of sp³-hybridized carbons (Fsp3) is 0.423. The number of carbonyl (C=O) groups is 3. The van der Waals surface area contributed by atoms with E-state index in [1.165, 1.54) is 17.0 Å². The summed E-state index contributed by atoms with van der Waals surface area (Å²) in [5, 5.41) is 2.93. The standard InChI is InChI=1S/C26H33N3O5S/c1-5-19(3)27-25(31)20(4)28(17-21-12-7-6-11-18(21)2)24(30)15-10-16-29-26(32)22-13-8-9-14-23(22)35(29,33)34/h6-9,11-14,19-20H,5,10,15-17H2,1-4H3,(H,27,31)/t19-,20-/m0/s1. The third-order valence-corrected chi connectivity index (χ3v) is 8.27. The number of hydrogen-bond acceptors (Lipinski definition) is 5. The van der Waals surface area contributed by atoms with Crippen LogP contribution in [0.1, 0.15) is 61.5 Å². The molecule has 1 aliphatic rings. The molecule has 2 atom stereocenters. The van der Waals surface area contributed by atoms with Gasteiger partial charge in [0, 0.05) is 25.6 Å². The van der Waals surface area contributed by atoms with E-state index in [1.807, 2.05) is 45.0 Å². The molecule has 0 bridgehead atoms. The molecule has 3 rings (SSSR count). The van der Waals surface area contributed by atoms with E-state index < -0.39 is 22.0 Å². The number of sulfonamides is 1. The van der Waals surface area contributed by atoms with Gasteiger partial charge in [-0.05, 0) is 56.9 Å². The molecule has 1 aliphatic heterocycles. The van der Waals surface area contributed by atoms with Gasteiger partial charge in [0.05, 0.1) is 5.56 Å². The van der Waals surface area contributed by atoms with Gasteiger partial charge in [-0.2, -0.15) is 0 Å². The van der Waals surface area contributed by atoms with Gasteiger partial charge in [0.25, 0.3) is 15.9 Å². The largest absolute Gasteiger partial charge is 0.352 e. The first-order chi connectivity index (χ1) is 16.6. The van der Waals surface area contributed by atoms with Crippen LogP contribution in [0.5, 0.6) is 0 Å². The van der Waals surface area contributed by atoms with Gasteiger partial charge in [0.2, 0.25) is 11.8 Å². The monoisotopic (exact) mass is 499 g/mol. The smallest absolute Gasteiger partial charge is 0.269 e. The molecule has 0 saturated carbocycles. The molecule has 0 fully saturated rings. The van der Waals surface area contributed by atoms with Crippen LogP contribution in [0.25, 0.3) is 0 Å². The predicted molar refractivity (Wildman–Crippen MR) is 133 cm³/mol. The first kappa shape index (κ1) is 26.4. The number of carbonyl (C=O) groups excluding carboxylic acids is 3. The highest BCUT2D eigenvalue weighted by Crippen LogP contribution is 2.30. The Morgan fingerprint density at radius 3 is 2.37 bits per heavy atom. The highest BCUT2D eigenvalue weighted by atomic mass is 32.2. The second-order valence-corrected chi connectivity index (χ2v) is 10.8. The minimum absolute atomic E-state index is 0.00246. The molecule has 0 saturated heterocycles. The molecule has 35 heavy (non-hydrogen) atoms. The summed E-state index contributed by atoms with van der Waals surface area (Å²) < 4.78 is 26.4. The van der Waals surface area contributed by atoms with Crippen LogP contribution in [0.4, 0.5) is 0 Å². The number of nitrogens with zero attached hydrogens (tertiary/aromatic N) is 2. The van der Waals surface area contributed by atoms with Gasteiger partial charge in [-0.1, -0.05) is 43.3 Å². The molecule has 1 heterocycles. The summed E-state index contributed by atoms with van der Waals surface area (Å²) in [4.78, 5) is 40.3. The number of nitrogens with one attached hydrogen (secondary N) is 1. The number of fused-ring (bicyclic) bond motifs is 1. The number of aryl methyl sites for hydroxylation is 1. The van der Waals surface area contributed by atoms with Crippen LogP contribution in [0.3, 0.4) is 0 Å². The van der Waals surface area contributed by atoms with Gasteiger partial charge >= 0.3 is 0 Å². The van der Waals surface area contributed by atoms with E-state index in [-0.39, 0.29) is 54.2 Å². The van der Waals surface area contributed by atoms with Crippen molar-refractivity contribution in [1.29, 1.82) is 0 Å². The Hall–Kier alpha value is -3.20. The van der Waals surface area contributed by atoms with Crippen molar-refractivity contribution in [2.75, 3.05) is 6.54 Å². The van der Waals surface area contributed by atoms with Gasteiger partial charge in [-0.15, -0.1) is 0 Å². The average Bonchev–Trinajstić information content (AvgIpc) is 3.03. The predicted octanol–water partition coefficient (Wildman–Crippen LogP) is 3.25. The summed E-state index contributed by atoms with van der Waals surface area (Å²) in [6, 6.07) is 13.0. The van der Waals surface area contributed by atoms with Crippen molar-refractivity contribution in [2.45, 2.75) is 70.5 Å². The number of benzene rings is 2. The molecule has 188 valence electrons. The van der Waals surface area contributed by atoms with Crippen molar-refractivity contribution in [3.63, 3.8) is 0 Å². The Morgan fingerprint density at radius 2 is 1.71 bits per heavy atom. The molecule has 2 aromatic rings. The zero-order chi connectivity index (χ0) is 25.8. The van der Waals surface area contributed by atoms with E-state index in [4.69, 9.17) is 0 Å². The number of rotatable bonds is 10. The van der Waals surface area contributed by atoms with Crippen molar-refractivity contribution in [3.05, 3.63) is 65.2 Å². The van der Waals surface area contributed by atoms with Crippen LogP contribution in [-0.4, -0.2) is 54.0 Å². The molecule has 9 heteroatoms. The van der Waals surface area contributed by atoms with E-state index in [2.05, 4.69) is 5.32 Å². The summed E-state index contributed by atoms with van der Waals surface area (Å²) in [7, 11) is -3.92. The highest BCUT2D eigenvalue weighted by Gasteiger charge is 2.40. The zero-order valence-corrected chi connectivity index (χ0v) is 21.5. The molecule has 0 aliphatic carbocycles. The summed E-state index contributed by atoms with van der Waals surface area (Å²) >= 11 is 0. The van der Waals surface area contributed by atoms with E-state index in [0.29, 0.717) is 0 Å². The van der Waals surface area contributed by atoms with E-state index in [9.17, 15) is 22.8 Å². The first-order valence-corrected chi connectivity index (χ1v) is 13.3. The van der Waals surface area contributed by atoms with Gasteiger partial charge in [-0.3, -0.25) is 14.4 Å². The molecule has 0 aromatic heterocycles. The van der Waals surface area contributed by atoms with Crippen LogP contribution < -0.4 is 5.32 Å². The van der Waals surface area contributed by atoms with Crippen molar-refractivity contribution in [3.8, 4) is 0 Å². The molecular weight excluding hydrogens is 466 g/mol. The molecule has 1 N–H and O–H groups in total. The molecule has 3 amide bonds. The lowest BCUT2D eigenvalue weighted by Crippen LogP contribution is -2.49. The lowest BCUT2D eigenvalue weighted by molar-refractivity contribution is -0.141. The maximum absolute atomic E-state index is 13.3. The third-order valence-electron chi connectivity index (χ3n) is 6.43. The van der Waals surface area contributed by atoms with Gasteiger partial charge in [-0.25, -0.2) is 12.7 Å². The van der Waals surface area contributed by atoms with Crippen LogP contribution in [-0.2, 0) is 26.2 Å². The summed E-state index contributed by atoms with van der Waals surface area (Å²) in [6.07, 6.45) is 0.926. The van der Waals surface area contributed by atoms with Crippen LogP contribution in [0.15, 0.2) is 53.4 Å².